The quantitative estimate of drug-likeness (QED) is 0.551. The molecule has 0 saturated heterocycles. The Labute approximate surface area is 80.1 Å². The maximum Gasteiger partial charge on any atom is 0.0833 e. The maximum atomic E-state index is 8.83. The molecule has 0 heterocycles. The first kappa shape index (κ1) is 9.80. The average Bonchev–Trinajstić information content (AvgIpc) is 2.27. The molecule has 1 aliphatic carbocycles. The van der Waals surface area contributed by atoms with Crippen molar-refractivity contribution < 1.29 is 0 Å². The fourth-order valence-electron chi connectivity index (χ4n) is 1.23. The predicted octanol–water partition coefficient (Wildman–Crippen LogP) is 3.22. The van der Waals surface area contributed by atoms with Gasteiger partial charge < -0.3 is 0 Å². The van der Waals surface area contributed by atoms with E-state index in [2.05, 4.69) is 32.9 Å². The topological polar surface area (TPSA) is 23.8 Å². The molecule has 68 valence electrons. The van der Waals surface area contributed by atoms with Crippen molar-refractivity contribution in [2.75, 3.05) is 0 Å². The average molecular weight is 173 g/mol. The first-order valence-corrected chi connectivity index (χ1v) is 4.51. The van der Waals surface area contributed by atoms with Crippen LogP contribution < -0.4 is 0 Å². The second kappa shape index (κ2) is 3.62. The number of hydrogen-bond donors (Lipinski definition) is 0. The van der Waals surface area contributed by atoms with Gasteiger partial charge in [0, 0.05) is 0 Å². The van der Waals surface area contributed by atoms with Crippen LogP contribution in [0.15, 0.2) is 36.0 Å². The monoisotopic (exact) mass is 173 g/mol. The zero-order valence-corrected chi connectivity index (χ0v) is 8.41. The van der Waals surface area contributed by atoms with Crippen molar-refractivity contribution in [1.82, 2.24) is 0 Å². The third-order valence-corrected chi connectivity index (χ3v) is 2.08. The van der Waals surface area contributed by atoms with Gasteiger partial charge in [0.25, 0.3) is 0 Å². The van der Waals surface area contributed by atoms with E-state index in [1.165, 1.54) is 5.57 Å². The molecule has 0 fully saturated rings. The normalized spacial score (nSPS) is 22.0. The molecule has 0 saturated carbocycles. The molecule has 1 unspecified atom stereocenters. The van der Waals surface area contributed by atoms with Gasteiger partial charge in [0.05, 0.1) is 12.0 Å². The van der Waals surface area contributed by atoms with Crippen molar-refractivity contribution in [1.29, 1.82) is 5.26 Å². The molecule has 1 aliphatic rings. The van der Waals surface area contributed by atoms with Crippen LogP contribution in [0.25, 0.3) is 0 Å². The summed E-state index contributed by atoms with van der Waals surface area (Å²) in [6, 6.07) is 2.24. The summed E-state index contributed by atoms with van der Waals surface area (Å²) in [7, 11) is 0. The molecular weight excluding hydrogens is 158 g/mol. The Bertz CT molecular complexity index is 305. The molecule has 1 heteroatoms. The fourth-order valence-corrected chi connectivity index (χ4v) is 1.23. The van der Waals surface area contributed by atoms with Crippen molar-refractivity contribution in [2.45, 2.75) is 20.8 Å². The molecular formula is C12H15N. The van der Waals surface area contributed by atoms with Crippen molar-refractivity contribution in [3.05, 3.63) is 36.0 Å². The zero-order chi connectivity index (χ0) is 9.90. The summed E-state index contributed by atoms with van der Waals surface area (Å²) in [5, 5.41) is 8.83. The van der Waals surface area contributed by atoms with Crippen molar-refractivity contribution >= 4 is 0 Å². The Balaban J connectivity index is 2.99. The van der Waals surface area contributed by atoms with E-state index >= 15 is 0 Å². The Morgan fingerprint density at radius 2 is 2.00 bits per heavy atom. The maximum absolute atomic E-state index is 8.83. The molecule has 1 nitrogen and oxygen atoms in total. The van der Waals surface area contributed by atoms with Gasteiger partial charge in [0.15, 0.2) is 0 Å². The van der Waals surface area contributed by atoms with E-state index < -0.39 is 0 Å². The number of nitrogens with zero attached hydrogens (tertiary/aromatic N) is 1. The Morgan fingerprint density at radius 3 is 2.54 bits per heavy atom. The molecule has 0 spiro atoms. The fraction of sp³-hybridized carbons (Fsp3) is 0.417. The van der Waals surface area contributed by atoms with Gasteiger partial charge in [0.2, 0.25) is 0 Å². The van der Waals surface area contributed by atoms with E-state index in [-0.39, 0.29) is 11.3 Å². The molecule has 0 aromatic carbocycles. The van der Waals surface area contributed by atoms with Crippen LogP contribution in [0.2, 0.25) is 0 Å². The molecule has 0 bridgehead atoms. The van der Waals surface area contributed by atoms with Crippen LogP contribution >= 0.6 is 0 Å². The lowest BCUT2D eigenvalue weighted by molar-refractivity contribution is 0.514. The minimum atomic E-state index is -0.0794. The highest BCUT2D eigenvalue weighted by Crippen LogP contribution is 2.28. The minimum Gasteiger partial charge on any atom is -0.197 e. The largest absolute Gasteiger partial charge is 0.197 e. The minimum absolute atomic E-state index is 0.0794. The molecule has 13 heavy (non-hydrogen) atoms. The molecule has 0 amide bonds. The second-order valence-electron chi connectivity index (χ2n) is 4.27. The summed E-state index contributed by atoms with van der Waals surface area (Å²) < 4.78 is 0. The summed E-state index contributed by atoms with van der Waals surface area (Å²) in [5.41, 5.74) is 1.35. The Morgan fingerprint density at radius 1 is 1.31 bits per heavy atom. The molecule has 0 N–H and O–H groups in total. The first-order valence-electron chi connectivity index (χ1n) is 4.51. The SMILES string of the molecule is CC(C)(C)C1=CC(C#N)C=CC=C1. The summed E-state index contributed by atoms with van der Waals surface area (Å²) in [5.74, 6) is -0.0794. The number of hydrogen-bond acceptors (Lipinski definition) is 1. The lowest BCUT2D eigenvalue weighted by Crippen LogP contribution is -2.08. The van der Waals surface area contributed by atoms with E-state index in [0.29, 0.717) is 0 Å². The molecule has 1 atom stereocenters. The van der Waals surface area contributed by atoms with E-state index in [1.54, 1.807) is 0 Å². The van der Waals surface area contributed by atoms with E-state index in [9.17, 15) is 0 Å². The van der Waals surface area contributed by atoms with Gasteiger partial charge >= 0.3 is 0 Å². The standard InChI is InChI=1S/C12H15N/c1-12(2,3)11-7-5-4-6-10(8-11)9-13/h4-8,10H,1-3H3. The van der Waals surface area contributed by atoms with Gasteiger partial charge in [-0.25, -0.2) is 0 Å². The first-order chi connectivity index (χ1) is 6.04. The highest BCUT2D eigenvalue weighted by Gasteiger charge is 2.16. The lowest BCUT2D eigenvalue weighted by Gasteiger charge is -2.20. The molecule has 1 rings (SSSR count). The Kier molecular flexibility index (Phi) is 2.72. The highest BCUT2D eigenvalue weighted by molar-refractivity contribution is 5.34. The van der Waals surface area contributed by atoms with E-state index in [4.69, 9.17) is 5.26 Å². The van der Waals surface area contributed by atoms with Crippen LogP contribution in [0, 0.1) is 22.7 Å². The van der Waals surface area contributed by atoms with Crippen LogP contribution in [-0.4, -0.2) is 0 Å². The zero-order valence-electron chi connectivity index (χ0n) is 8.41. The lowest BCUT2D eigenvalue weighted by atomic mass is 9.85. The van der Waals surface area contributed by atoms with Gasteiger partial charge in [0.1, 0.15) is 0 Å². The van der Waals surface area contributed by atoms with E-state index in [0.717, 1.165) is 0 Å². The van der Waals surface area contributed by atoms with Crippen LogP contribution in [0.3, 0.4) is 0 Å². The molecule has 0 aliphatic heterocycles. The van der Waals surface area contributed by atoms with Gasteiger partial charge in [-0.1, -0.05) is 51.2 Å². The van der Waals surface area contributed by atoms with Crippen molar-refractivity contribution in [2.24, 2.45) is 11.3 Å². The van der Waals surface area contributed by atoms with Crippen molar-refractivity contribution in [3.63, 3.8) is 0 Å². The molecule has 0 aromatic heterocycles. The summed E-state index contributed by atoms with van der Waals surface area (Å²) in [6.45, 7) is 6.47. The van der Waals surface area contributed by atoms with Crippen LogP contribution in [-0.2, 0) is 0 Å². The third kappa shape index (κ3) is 2.59. The van der Waals surface area contributed by atoms with Crippen LogP contribution in [0.5, 0.6) is 0 Å². The number of nitriles is 1. The van der Waals surface area contributed by atoms with Gasteiger partial charge in [-0.2, -0.15) is 5.26 Å². The molecule has 0 aromatic rings. The second-order valence-corrected chi connectivity index (χ2v) is 4.27. The van der Waals surface area contributed by atoms with Gasteiger partial charge in [-0.15, -0.1) is 0 Å². The smallest absolute Gasteiger partial charge is 0.0833 e. The highest BCUT2D eigenvalue weighted by atomic mass is 14.3. The predicted molar refractivity (Wildman–Crippen MR) is 54.9 cm³/mol. The van der Waals surface area contributed by atoms with Crippen LogP contribution in [0.1, 0.15) is 20.8 Å². The molecule has 0 radical (unpaired) electrons. The number of rotatable bonds is 0. The van der Waals surface area contributed by atoms with E-state index in [1.807, 2.05) is 24.3 Å². The Hall–Kier alpha value is -1.29. The van der Waals surface area contributed by atoms with Gasteiger partial charge in [-0.05, 0) is 11.0 Å². The van der Waals surface area contributed by atoms with Gasteiger partial charge in [-0.3, -0.25) is 0 Å². The third-order valence-electron chi connectivity index (χ3n) is 2.08. The van der Waals surface area contributed by atoms with Crippen molar-refractivity contribution in [3.8, 4) is 6.07 Å². The summed E-state index contributed by atoms with van der Waals surface area (Å²) >= 11 is 0. The number of allylic oxidation sites excluding steroid dienone is 6. The van der Waals surface area contributed by atoms with Crippen LogP contribution in [0.4, 0.5) is 0 Å². The summed E-state index contributed by atoms with van der Waals surface area (Å²) in [4.78, 5) is 0. The summed E-state index contributed by atoms with van der Waals surface area (Å²) in [6.07, 6.45) is 9.95.